The van der Waals surface area contributed by atoms with E-state index in [4.69, 9.17) is 9.29 Å². The minimum atomic E-state index is -2.01. The van der Waals surface area contributed by atoms with E-state index in [0.717, 1.165) is 27.6 Å². The van der Waals surface area contributed by atoms with E-state index in [1.165, 1.54) is 0 Å². The van der Waals surface area contributed by atoms with Gasteiger partial charge in [-0.3, -0.25) is 9.54 Å². The molecule has 1 atom stereocenters. The Morgan fingerprint density at radius 2 is 2.00 bits per heavy atom. The number of nitrogens with one attached hydrogen (secondary N) is 1. The quantitative estimate of drug-likeness (QED) is 0.703. The summed E-state index contributed by atoms with van der Waals surface area (Å²) in [6.45, 7) is 0.333. The van der Waals surface area contributed by atoms with E-state index in [-0.39, 0.29) is 0 Å². The highest BCUT2D eigenvalue weighted by molar-refractivity contribution is 7.77. The molecule has 0 aliphatic carbocycles. The second kappa shape index (κ2) is 6.82. The van der Waals surface area contributed by atoms with Crippen LogP contribution in [0.5, 0.6) is 5.88 Å². The second-order valence-corrected chi connectivity index (χ2v) is 5.66. The Balaban J connectivity index is 1.95. The number of hydrogen-bond donors (Lipinski definition) is 2. The third kappa shape index (κ3) is 3.53. The van der Waals surface area contributed by atoms with E-state index in [1.54, 1.807) is 25.6 Å². The minimum Gasteiger partial charge on any atom is -0.481 e. The molecule has 23 heavy (non-hydrogen) atoms. The Bertz CT molecular complexity index is 853. The van der Waals surface area contributed by atoms with Gasteiger partial charge in [-0.05, 0) is 22.8 Å². The molecule has 3 rings (SSSR count). The number of aromatic nitrogens is 2. The maximum absolute atomic E-state index is 10.6. The number of rotatable bonds is 5. The van der Waals surface area contributed by atoms with Crippen molar-refractivity contribution in [3.8, 4) is 17.0 Å². The van der Waals surface area contributed by atoms with Crippen LogP contribution in [0.2, 0.25) is 0 Å². The lowest BCUT2D eigenvalue weighted by molar-refractivity contribution is 0.398. The van der Waals surface area contributed by atoms with Gasteiger partial charge in [0.2, 0.25) is 17.1 Å². The maximum atomic E-state index is 10.6. The van der Waals surface area contributed by atoms with E-state index in [1.807, 2.05) is 30.3 Å². The number of pyridine rings is 2. The van der Waals surface area contributed by atoms with Gasteiger partial charge in [0.1, 0.15) is 0 Å². The third-order valence-electron chi connectivity index (χ3n) is 3.48. The summed E-state index contributed by atoms with van der Waals surface area (Å²) in [5.41, 5.74) is 3.79. The number of nitrogens with zero attached hydrogens (tertiary/aromatic N) is 2. The van der Waals surface area contributed by atoms with Gasteiger partial charge >= 0.3 is 0 Å². The molecule has 0 fully saturated rings. The molecule has 2 heterocycles. The molecular formula is C16H15N3O3S. The molecule has 7 heteroatoms. The van der Waals surface area contributed by atoms with Crippen molar-refractivity contribution in [2.45, 2.75) is 6.54 Å². The molecule has 2 aromatic heterocycles. The molecule has 118 valence electrons. The van der Waals surface area contributed by atoms with Gasteiger partial charge in [0, 0.05) is 30.4 Å². The van der Waals surface area contributed by atoms with E-state index in [2.05, 4.69) is 14.7 Å². The first-order valence-corrected chi connectivity index (χ1v) is 8.00. The first-order valence-electron chi connectivity index (χ1n) is 6.90. The predicted molar refractivity (Wildman–Crippen MR) is 89.1 cm³/mol. The van der Waals surface area contributed by atoms with Crippen LogP contribution in [0.4, 0.5) is 0 Å². The summed E-state index contributed by atoms with van der Waals surface area (Å²) in [6.07, 6.45) is 3.50. The summed E-state index contributed by atoms with van der Waals surface area (Å²) in [7, 11) is 1.57. The Morgan fingerprint density at radius 3 is 2.70 bits per heavy atom. The fraction of sp³-hybridized carbons (Fsp3) is 0.125. The fourth-order valence-electron chi connectivity index (χ4n) is 2.33. The summed E-state index contributed by atoms with van der Waals surface area (Å²) < 4.78 is 27.0. The lowest BCUT2D eigenvalue weighted by atomic mass is 10.0. The average molecular weight is 329 g/mol. The highest BCUT2D eigenvalue weighted by atomic mass is 32.2. The van der Waals surface area contributed by atoms with E-state index < -0.39 is 11.3 Å². The van der Waals surface area contributed by atoms with Crippen molar-refractivity contribution in [2.24, 2.45) is 0 Å². The molecule has 2 N–H and O–H groups in total. The standard InChI is InChI=1S/C16H15N3O3S/c1-22-16-8-15-14(10-18-16)13(6-7-17-15)12-4-2-11(3-5-12)9-19-23(20)21/h2-8,10,19H,9H2,1H3,(H,20,21). The maximum Gasteiger partial charge on any atom is 0.232 e. The molecule has 0 radical (unpaired) electrons. The van der Waals surface area contributed by atoms with Gasteiger partial charge in [-0.2, -0.15) is 0 Å². The van der Waals surface area contributed by atoms with Crippen LogP contribution >= 0.6 is 0 Å². The minimum absolute atomic E-state index is 0.333. The zero-order valence-corrected chi connectivity index (χ0v) is 13.2. The van der Waals surface area contributed by atoms with Crippen LogP contribution in [0.3, 0.4) is 0 Å². The number of benzene rings is 1. The Kier molecular flexibility index (Phi) is 4.61. The van der Waals surface area contributed by atoms with Gasteiger partial charge in [-0.25, -0.2) is 13.9 Å². The number of fused-ring (bicyclic) bond motifs is 1. The monoisotopic (exact) mass is 329 g/mol. The predicted octanol–water partition coefficient (Wildman–Crippen LogP) is 2.53. The smallest absolute Gasteiger partial charge is 0.232 e. The first-order chi connectivity index (χ1) is 11.2. The van der Waals surface area contributed by atoms with Crippen LogP contribution < -0.4 is 9.46 Å². The van der Waals surface area contributed by atoms with Crippen molar-refractivity contribution in [1.29, 1.82) is 0 Å². The normalized spacial score (nSPS) is 12.3. The summed E-state index contributed by atoms with van der Waals surface area (Å²) in [5.74, 6) is 0.528. The van der Waals surface area contributed by atoms with Crippen LogP contribution in [-0.4, -0.2) is 25.8 Å². The van der Waals surface area contributed by atoms with Gasteiger partial charge in [-0.15, -0.1) is 0 Å². The van der Waals surface area contributed by atoms with Gasteiger partial charge in [0.25, 0.3) is 0 Å². The first kappa shape index (κ1) is 15.5. The topological polar surface area (TPSA) is 84.3 Å². The van der Waals surface area contributed by atoms with Crippen LogP contribution in [0.25, 0.3) is 22.0 Å². The summed E-state index contributed by atoms with van der Waals surface area (Å²) in [6, 6.07) is 11.5. The zero-order valence-electron chi connectivity index (χ0n) is 12.4. The lowest BCUT2D eigenvalue weighted by Gasteiger charge is -2.08. The van der Waals surface area contributed by atoms with E-state index in [9.17, 15) is 4.21 Å². The van der Waals surface area contributed by atoms with E-state index >= 15 is 0 Å². The highest BCUT2D eigenvalue weighted by Crippen LogP contribution is 2.28. The van der Waals surface area contributed by atoms with E-state index in [0.29, 0.717) is 12.4 Å². The van der Waals surface area contributed by atoms with Crippen molar-refractivity contribution in [2.75, 3.05) is 7.11 Å². The molecule has 0 saturated carbocycles. The lowest BCUT2D eigenvalue weighted by Crippen LogP contribution is -2.15. The molecule has 6 nitrogen and oxygen atoms in total. The van der Waals surface area contributed by atoms with Crippen LogP contribution in [0.1, 0.15) is 5.56 Å². The number of ether oxygens (including phenoxy) is 1. The largest absolute Gasteiger partial charge is 0.481 e. The van der Waals surface area contributed by atoms with Crippen molar-refractivity contribution >= 4 is 22.2 Å². The van der Waals surface area contributed by atoms with Gasteiger partial charge < -0.3 is 4.74 Å². The molecule has 0 spiro atoms. The van der Waals surface area contributed by atoms with Crippen LogP contribution in [0.15, 0.2) is 48.8 Å². The van der Waals surface area contributed by atoms with Crippen molar-refractivity contribution in [1.82, 2.24) is 14.7 Å². The molecule has 0 aliphatic heterocycles. The fourth-order valence-corrected chi connectivity index (χ4v) is 2.62. The molecule has 0 amide bonds. The molecule has 3 aromatic rings. The second-order valence-electron chi connectivity index (χ2n) is 4.87. The van der Waals surface area contributed by atoms with Crippen LogP contribution in [-0.2, 0) is 17.8 Å². The summed E-state index contributed by atoms with van der Waals surface area (Å²) >= 11 is -2.01. The SMILES string of the molecule is COc1cc2nccc(-c3ccc(CNS(=O)O)cc3)c2cn1. The summed E-state index contributed by atoms with van der Waals surface area (Å²) in [5, 5.41) is 0.940. The van der Waals surface area contributed by atoms with Gasteiger partial charge in [0.05, 0.1) is 12.6 Å². The van der Waals surface area contributed by atoms with Gasteiger partial charge in [-0.1, -0.05) is 24.3 Å². The highest BCUT2D eigenvalue weighted by Gasteiger charge is 2.07. The van der Waals surface area contributed by atoms with Crippen molar-refractivity contribution < 1.29 is 13.5 Å². The van der Waals surface area contributed by atoms with Crippen LogP contribution in [0, 0.1) is 0 Å². The summed E-state index contributed by atoms with van der Waals surface area (Å²) in [4.78, 5) is 8.59. The number of methoxy groups -OCH3 is 1. The average Bonchev–Trinajstić information content (AvgIpc) is 2.59. The Hall–Kier alpha value is -2.35. The third-order valence-corrected chi connectivity index (χ3v) is 3.87. The molecule has 0 bridgehead atoms. The Labute approximate surface area is 136 Å². The van der Waals surface area contributed by atoms with Crippen molar-refractivity contribution in [3.05, 3.63) is 54.4 Å². The number of hydrogen-bond acceptors (Lipinski definition) is 4. The van der Waals surface area contributed by atoms with Crippen molar-refractivity contribution in [3.63, 3.8) is 0 Å². The molecule has 0 aliphatic rings. The zero-order chi connectivity index (χ0) is 16.2. The molecular weight excluding hydrogens is 314 g/mol. The molecule has 1 aromatic carbocycles. The van der Waals surface area contributed by atoms with Gasteiger partial charge in [0.15, 0.2) is 0 Å². The molecule has 0 saturated heterocycles. The molecule has 1 unspecified atom stereocenters. The Morgan fingerprint density at radius 1 is 1.22 bits per heavy atom.